The molecule has 0 aromatic carbocycles. The van der Waals surface area contributed by atoms with Crippen LogP contribution in [0.4, 0.5) is 0 Å². The van der Waals surface area contributed by atoms with Crippen molar-refractivity contribution in [1.82, 2.24) is 0 Å². The Balaban J connectivity index is 3.49. The molecule has 0 amide bonds. The number of aliphatic carboxylic acids is 1. The van der Waals surface area contributed by atoms with Gasteiger partial charge in [0.1, 0.15) is 0 Å². The number of allylic oxidation sites excluding steroid dienone is 12. The van der Waals surface area contributed by atoms with Gasteiger partial charge in [-0.05, 0) is 51.9 Å². The number of carboxylic acids is 1. The summed E-state index contributed by atoms with van der Waals surface area (Å²) in [5, 5.41) is 8.51. The molecule has 0 aliphatic rings. The molecule has 2 nitrogen and oxygen atoms in total. The van der Waals surface area contributed by atoms with Crippen molar-refractivity contribution in [2.45, 2.75) is 58.3 Å². The first-order valence-electron chi connectivity index (χ1n) is 8.85. The molecule has 0 unspecified atom stereocenters. The Morgan fingerprint density at radius 1 is 0.667 bits per heavy atom. The molecular weight excluding hydrogens is 296 g/mol. The summed E-state index contributed by atoms with van der Waals surface area (Å²) in [5.74, 6) is -0.717. The lowest BCUT2D eigenvalue weighted by Gasteiger charge is -1.89. The third kappa shape index (κ3) is 19.9. The van der Waals surface area contributed by atoms with E-state index >= 15 is 0 Å². The highest BCUT2D eigenvalue weighted by Crippen LogP contribution is 1.99. The van der Waals surface area contributed by atoms with E-state index in [1.807, 2.05) is 6.92 Å². The van der Waals surface area contributed by atoms with Crippen molar-refractivity contribution in [1.29, 1.82) is 0 Å². The summed E-state index contributed by atoms with van der Waals surface area (Å²) in [6.07, 6.45) is 32.5. The van der Waals surface area contributed by atoms with E-state index in [9.17, 15) is 4.79 Å². The van der Waals surface area contributed by atoms with E-state index in [0.29, 0.717) is 0 Å². The van der Waals surface area contributed by atoms with Crippen LogP contribution in [0.15, 0.2) is 72.9 Å². The number of hydrogen-bond acceptors (Lipinski definition) is 1. The minimum atomic E-state index is -0.717. The minimum absolute atomic E-state index is 0.256. The van der Waals surface area contributed by atoms with Crippen molar-refractivity contribution in [2.75, 3.05) is 0 Å². The molecule has 0 rings (SSSR count). The Kier molecular flexibility index (Phi) is 17.3. The lowest BCUT2D eigenvalue weighted by molar-refractivity contribution is -0.137. The van der Waals surface area contributed by atoms with Gasteiger partial charge < -0.3 is 5.11 Å². The maximum absolute atomic E-state index is 10.3. The maximum Gasteiger partial charge on any atom is 0.303 e. The monoisotopic (exact) mass is 328 g/mol. The van der Waals surface area contributed by atoms with Gasteiger partial charge in [-0.15, -0.1) is 0 Å². The average molecular weight is 328 g/mol. The van der Waals surface area contributed by atoms with Crippen LogP contribution in [-0.4, -0.2) is 11.1 Å². The van der Waals surface area contributed by atoms with E-state index in [0.717, 1.165) is 44.9 Å². The Hall–Kier alpha value is -2.09. The van der Waals surface area contributed by atoms with E-state index in [2.05, 4.69) is 72.9 Å². The molecule has 2 heteroatoms. The van der Waals surface area contributed by atoms with Crippen LogP contribution in [-0.2, 0) is 4.79 Å². The van der Waals surface area contributed by atoms with Crippen LogP contribution < -0.4 is 0 Å². The summed E-state index contributed by atoms with van der Waals surface area (Å²) in [5.41, 5.74) is 0. The molecule has 0 atom stereocenters. The molecule has 0 spiro atoms. The molecule has 0 bridgehead atoms. The predicted molar refractivity (Wildman–Crippen MR) is 105 cm³/mol. The fourth-order valence-electron chi connectivity index (χ4n) is 1.88. The van der Waals surface area contributed by atoms with Crippen LogP contribution in [0.3, 0.4) is 0 Å². The van der Waals surface area contributed by atoms with Crippen LogP contribution in [0.2, 0.25) is 0 Å². The second-order valence-corrected chi connectivity index (χ2v) is 5.39. The zero-order valence-electron chi connectivity index (χ0n) is 14.9. The predicted octanol–water partition coefficient (Wildman–Crippen LogP) is 6.55. The van der Waals surface area contributed by atoms with Gasteiger partial charge in [0.25, 0.3) is 0 Å². The Bertz CT molecular complexity index is 462. The van der Waals surface area contributed by atoms with Crippen molar-refractivity contribution in [2.24, 2.45) is 0 Å². The summed E-state index contributed by atoms with van der Waals surface area (Å²) in [7, 11) is 0. The number of rotatable bonds is 14. The summed E-state index contributed by atoms with van der Waals surface area (Å²) in [6.45, 7) is 2.04. The van der Waals surface area contributed by atoms with Crippen LogP contribution in [0.5, 0.6) is 0 Å². The van der Waals surface area contributed by atoms with Gasteiger partial charge in [0.05, 0.1) is 0 Å². The van der Waals surface area contributed by atoms with E-state index in [4.69, 9.17) is 5.11 Å². The number of carboxylic acid groups (broad SMARTS) is 1. The van der Waals surface area contributed by atoms with Gasteiger partial charge in [-0.1, -0.05) is 72.9 Å². The van der Waals surface area contributed by atoms with Gasteiger partial charge in [-0.2, -0.15) is 0 Å². The highest BCUT2D eigenvalue weighted by molar-refractivity contribution is 5.66. The molecule has 0 heterocycles. The van der Waals surface area contributed by atoms with Gasteiger partial charge >= 0.3 is 5.97 Å². The first-order chi connectivity index (χ1) is 11.8. The normalized spacial score (nSPS) is 13.0. The quantitative estimate of drug-likeness (QED) is 0.290. The Morgan fingerprint density at radius 2 is 1.04 bits per heavy atom. The molecule has 132 valence electrons. The Morgan fingerprint density at radius 3 is 1.42 bits per heavy atom. The third-order valence-corrected chi connectivity index (χ3v) is 3.19. The molecule has 0 saturated carbocycles. The van der Waals surface area contributed by atoms with Gasteiger partial charge in [0.15, 0.2) is 0 Å². The molecule has 1 N–H and O–H groups in total. The van der Waals surface area contributed by atoms with E-state index in [1.54, 1.807) is 0 Å². The summed E-state index contributed by atoms with van der Waals surface area (Å²) in [6, 6.07) is 0. The summed E-state index contributed by atoms with van der Waals surface area (Å²) in [4.78, 5) is 10.3. The average Bonchev–Trinajstić information content (AvgIpc) is 2.56. The first-order valence-corrected chi connectivity index (χ1v) is 8.85. The fraction of sp³-hybridized carbons (Fsp3) is 0.409. The maximum atomic E-state index is 10.3. The summed E-state index contributed by atoms with van der Waals surface area (Å²) >= 11 is 0. The SMILES string of the molecule is C/C=C/C/C=C/C/C=C/C/C=C/C/C=C/C/C=C/CCCC(=O)O. The second kappa shape index (κ2) is 19.0. The topological polar surface area (TPSA) is 37.3 Å². The smallest absolute Gasteiger partial charge is 0.303 e. The van der Waals surface area contributed by atoms with E-state index < -0.39 is 5.97 Å². The molecule has 0 radical (unpaired) electrons. The van der Waals surface area contributed by atoms with Crippen molar-refractivity contribution >= 4 is 5.97 Å². The second-order valence-electron chi connectivity index (χ2n) is 5.39. The zero-order chi connectivity index (χ0) is 17.7. The Labute approximate surface area is 147 Å². The van der Waals surface area contributed by atoms with Crippen molar-refractivity contribution in [3.05, 3.63) is 72.9 Å². The van der Waals surface area contributed by atoms with Gasteiger partial charge in [0, 0.05) is 6.42 Å². The number of carbonyl (C=O) groups is 1. The minimum Gasteiger partial charge on any atom is -0.481 e. The molecule has 0 aromatic rings. The van der Waals surface area contributed by atoms with Crippen LogP contribution in [0.1, 0.15) is 58.3 Å². The van der Waals surface area contributed by atoms with Gasteiger partial charge in [0.2, 0.25) is 0 Å². The van der Waals surface area contributed by atoms with E-state index in [1.165, 1.54) is 0 Å². The van der Waals surface area contributed by atoms with Gasteiger partial charge in [-0.25, -0.2) is 0 Å². The number of unbranched alkanes of at least 4 members (excludes halogenated alkanes) is 1. The largest absolute Gasteiger partial charge is 0.481 e. The zero-order valence-corrected chi connectivity index (χ0v) is 14.9. The number of hydrogen-bond donors (Lipinski definition) is 1. The molecule has 0 aliphatic heterocycles. The lowest BCUT2D eigenvalue weighted by Crippen LogP contribution is -1.92. The molecular formula is C22H32O2. The van der Waals surface area contributed by atoms with Crippen LogP contribution in [0.25, 0.3) is 0 Å². The summed E-state index contributed by atoms with van der Waals surface area (Å²) < 4.78 is 0. The first kappa shape index (κ1) is 21.9. The lowest BCUT2D eigenvalue weighted by atomic mass is 10.2. The van der Waals surface area contributed by atoms with Crippen LogP contribution >= 0.6 is 0 Å². The standard InChI is InChI=1S/C22H32O2/c1-2-3-4-5-6-7-8-9-10-11-12-13-14-15-16-17-18-19-20-21-22(23)24/h2-3,5-6,8-9,11-12,14-15,17-18H,4,7,10,13,16,19-21H2,1H3,(H,23,24)/b3-2+,6-5+,9-8+,12-11+,15-14+,18-17+. The molecule has 0 aliphatic carbocycles. The molecule has 0 saturated heterocycles. The van der Waals surface area contributed by atoms with Crippen LogP contribution in [0, 0.1) is 0 Å². The van der Waals surface area contributed by atoms with Crippen molar-refractivity contribution in [3.8, 4) is 0 Å². The third-order valence-electron chi connectivity index (χ3n) is 3.19. The van der Waals surface area contributed by atoms with E-state index in [-0.39, 0.29) is 6.42 Å². The highest BCUT2D eigenvalue weighted by atomic mass is 16.4. The molecule has 0 fully saturated rings. The molecule has 0 aromatic heterocycles. The van der Waals surface area contributed by atoms with Crippen molar-refractivity contribution in [3.63, 3.8) is 0 Å². The fourth-order valence-corrected chi connectivity index (χ4v) is 1.88. The van der Waals surface area contributed by atoms with Gasteiger partial charge in [-0.3, -0.25) is 4.79 Å². The van der Waals surface area contributed by atoms with Crippen molar-refractivity contribution < 1.29 is 9.90 Å². The molecule has 24 heavy (non-hydrogen) atoms. The highest BCUT2D eigenvalue weighted by Gasteiger charge is 1.92.